The summed E-state index contributed by atoms with van der Waals surface area (Å²) in [5.74, 6) is 1.06. The minimum atomic E-state index is -0.0544. The molecule has 1 aromatic carbocycles. The number of carbonyl (C=O) groups is 1. The minimum Gasteiger partial charge on any atom is -0.484 e. The van der Waals surface area contributed by atoms with Crippen LogP contribution >= 0.6 is 11.3 Å². The molecule has 1 aliphatic heterocycles. The molecule has 0 spiro atoms. The number of nitrogens with zero attached hydrogens (tertiary/aromatic N) is 3. The number of likely N-dealkylation sites (tertiary alicyclic amines) is 1. The zero-order chi connectivity index (χ0) is 17.9. The Morgan fingerprint density at radius 3 is 2.85 bits per heavy atom. The Labute approximate surface area is 155 Å². The summed E-state index contributed by atoms with van der Waals surface area (Å²) in [5.41, 5.74) is 1.28. The first-order valence-electron chi connectivity index (χ1n) is 8.93. The summed E-state index contributed by atoms with van der Waals surface area (Å²) in [7, 11) is 0. The third-order valence-electron chi connectivity index (χ3n) is 4.49. The van der Waals surface area contributed by atoms with Crippen LogP contribution in [-0.4, -0.2) is 33.9 Å². The van der Waals surface area contributed by atoms with E-state index in [-0.39, 0.29) is 12.5 Å². The number of ether oxygens (including phenoxy) is 1. The molecule has 0 atom stereocenters. The van der Waals surface area contributed by atoms with Crippen molar-refractivity contribution in [3.63, 3.8) is 0 Å². The molecule has 2 aromatic heterocycles. The maximum atomic E-state index is 12.5. The third-order valence-corrected chi connectivity index (χ3v) is 5.44. The number of benzene rings is 1. The van der Waals surface area contributed by atoms with Gasteiger partial charge < -0.3 is 14.1 Å². The van der Waals surface area contributed by atoms with Crippen molar-refractivity contribution in [2.24, 2.45) is 0 Å². The van der Waals surface area contributed by atoms with Gasteiger partial charge in [0.05, 0.1) is 15.2 Å². The highest BCUT2D eigenvalue weighted by Gasteiger charge is 2.20. The summed E-state index contributed by atoms with van der Waals surface area (Å²) in [5, 5.41) is 1.03. The van der Waals surface area contributed by atoms with Gasteiger partial charge in [-0.3, -0.25) is 4.79 Å². The molecule has 7 heteroatoms. The summed E-state index contributed by atoms with van der Waals surface area (Å²) < 4.78 is 12.3. The van der Waals surface area contributed by atoms with Gasteiger partial charge in [-0.15, -0.1) is 11.3 Å². The van der Waals surface area contributed by atoms with E-state index in [1.807, 2.05) is 30.0 Å². The predicted molar refractivity (Wildman–Crippen MR) is 99.6 cm³/mol. The normalized spacial score (nSPS) is 15.2. The van der Waals surface area contributed by atoms with E-state index in [0.717, 1.165) is 41.2 Å². The quantitative estimate of drug-likeness (QED) is 0.688. The van der Waals surface area contributed by atoms with Gasteiger partial charge in [0.15, 0.2) is 12.3 Å². The van der Waals surface area contributed by atoms with Crippen LogP contribution in [0.1, 0.15) is 47.1 Å². The lowest BCUT2D eigenvalue weighted by Crippen LogP contribution is -2.32. The van der Waals surface area contributed by atoms with Gasteiger partial charge >= 0.3 is 0 Å². The molecule has 0 bridgehead atoms. The van der Waals surface area contributed by atoms with Crippen LogP contribution in [0.25, 0.3) is 10.2 Å². The fourth-order valence-electron chi connectivity index (χ4n) is 3.17. The van der Waals surface area contributed by atoms with Gasteiger partial charge in [-0.1, -0.05) is 12.8 Å². The van der Waals surface area contributed by atoms with Crippen LogP contribution < -0.4 is 4.74 Å². The number of thiazole rings is 1. The van der Waals surface area contributed by atoms with Crippen LogP contribution in [0.15, 0.2) is 28.9 Å². The predicted octanol–water partition coefficient (Wildman–Crippen LogP) is 4.19. The molecular formula is C19H21N3O3S. The second kappa shape index (κ2) is 7.45. The topological polar surface area (TPSA) is 68.5 Å². The largest absolute Gasteiger partial charge is 0.484 e. The Kier molecular flexibility index (Phi) is 4.88. The average Bonchev–Trinajstić information content (AvgIpc) is 3.15. The molecule has 0 unspecified atom stereocenters. The summed E-state index contributed by atoms with van der Waals surface area (Å²) >= 11 is 1.66. The number of amides is 1. The molecule has 136 valence electrons. The van der Waals surface area contributed by atoms with Gasteiger partial charge in [-0.2, -0.15) is 0 Å². The Morgan fingerprint density at radius 2 is 2.04 bits per heavy atom. The first-order valence-corrected chi connectivity index (χ1v) is 9.74. The Morgan fingerprint density at radius 1 is 1.23 bits per heavy atom. The third kappa shape index (κ3) is 3.72. The van der Waals surface area contributed by atoms with Crippen molar-refractivity contribution in [3.8, 4) is 5.75 Å². The number of aryl methyl sites for hydroxylation is 1. The second-order valence-corrected chi connectivity index (χ2v) is 7.72. The highest BCUT2D eigenvalue weighted by molar-refractivity contribution is 7.18. The van der Waals surface area contributed by atoms with Gasteiger partial charge in [0.2, 0.25) is 5.89 Å². The van der Waals surface area contributed by atoms with Gasteiger partial charge in [-0.25, -0.2) is 9.97 Å². The molecule has 0 aliphatic carbocycles. The van der Waals surface area contributed by atoms with Crippen molar-refractivity contribution in [3.05, 3.63) is 41.1 Å². The van der Waals surface area contributed by atoms with Crippen molar-refractivity contribution in [2.75, 3.05) is 13.1 Å². The molecule has 1 saturated heterocycles. The van der Waals surface area contributed by atoms with E-state index in [9.17, 15) is 4.79 Å². The molecule has 4 rings (SSSR count). The van der Waals surface area contributed by atoms with Crippen molar-refractivity contribution >= 4 is 27.5 Å². The van der Waals surface area contributed by atoms with Crippen molar-refractivity contribution < 1.29 is 13.9 Å². The van der Waals surface area contributed by atoms with E-state index in [2.05, 4.69) is 9.97 Å². The van der Waals surface area contributed by atoms with Crippen LogP contribution in [0.4, 0.5) is 0 Å². The smallest absolute Gasteiger partial charge is 0.275 e. The van der Waals surface area contributed by atoms with Crippen LogP contribution in [-0.2, 0) is 6.61 Å². The minimum absolute atomic E-state index is 0.0544. The van der Waals surface area contributed by atoms with Gasteiger partial charge in [0.25, 0.3) is 5.91 Å². The zero-order valence-electron chi connectivity index (χ0n) is 14.7. The molecule has 3 heterocycles. The van der Waals surface area contributed by atoms with Gasteiger partial charge in [0, 0.05) is 19.2 Å². The van der Waals surface area contributed by atoms with E-state index in [1.165, 1.54) is 19.1 Å². The number of aromatic nitrogens is 2. The number of fused-ring (bicyclic) bond motifs is 1. The monoisotopic (exact) mass is 371 g/mol. The van der Waals surface area contributed by atoms with E-state index >= 15 is 0 Å². The first-order chi connectivity index (χ1) is 12.7. The van der Waals surface area contributed by atoms with Crippen molar-refractivity contribution in [2.45, 2.75) is 39.2 Å². The summed E-state index contributed by atoms with van der Waals surface area (Å²) in [6.45, 7) is 3.76. The van der Waals surface area contributed by atoms with E-state index < -0.39 is 0 Å². The lowest BCUT2D eigenvalue weighted by Gasteiger charge is -2.18. The molecule has 0 saturated carbocycles. The number of hydrogen-bond acceptors (Lipinski definition) is 6. The lowest BCUT2D eigenvalue weighted by atomic mass is 10.2. The molecule has 6 nitrogen and oxygen atoms in total. The van der Waals surface area contributed by atoms with Crippen molar-refractivity contribution in [1.29, 1.82) is 0 Å². The fraction of sp³-hybridized carbons (Fsp3) is 0.421. The molecule has 1 aliphatic rings. The fourth-order valence-corrected chi connectivity index (χ4v) is 3.98. The molecule has 1 fully saturated rings. The van der Waals surface area contributed by atoms with Gasteiger partial charge in [-0.05, 0) is 31.9 Å². The van der Waals surface area contributed by atoms with Gasteiger partial charge in [0.1, 0.15) is 12.0 Å². The van der Waals surface area contributed by atoms with Crippen LogP contribution in [0.2, 0.25) is 0 Å². The highest BCUT2D eigenvalue weighted by Crippen LogP contribution is 2.26. The van der Waals surface area contributed by atoms with E-state index in [0.29, 0.717) is 17.3 Å². The summed E-state index contributed by atoms with van der Waals surface area (Å²) in [4.78, 5) is 23.2. The van der Waals surface area contributed by atoms with E-state index in [1.54, 1.807) is 11.3 Å². The first kappa shape index (κ1) is 17.0. The maximum Gasteiger partial charge on any atom is 0.275 e. The molecular weight excluding hydrogens is 350 g/mol. The lowest BCUT2D eigenvalue weighted by molar-refractivity contribution is 0.0755. The number of rotatable bonds is 4. The Hall–Kier alpha value is -2.41. The number of oxazole rings is 1. The standard InChI is InChI=1S/C19H21N3O3S/c1-13-20-15-10-14(6-7-17(15)26-13)24-12-18-21-16(11-25-18)19(23)22-8-4-2-3-5-9-22/h6-7,10-11H,2-5,8-9,12H2,1H3. The van der Waals surface area contributed by atoms with Crippen molar-refractivity contribution in [1.82, 2.24) is 14.9 Å². The Balaban J connectivity index is 1.40. The van der Waals surface area contributed by atoms with Crippen LogP contribution in [0, 0.1) is 6.92 Å². The molecule has 0 N–H and O–H groups in total. The van der Waals surface area contributed by atoms with E-state index in [4.69, 9.17) is 9.15 Å². The second-order valence-electron chi connectivity index (χ2n) is 6.48. The zero-order valence-corrected chi connectivity index (χ0v) is 15.6. The number of hydrogen-bond donors (Lipinski definition) is 0. The van der Waals surface area contributed by atoms with Crippen LogP contribution in [0.5, 0.6) is 5.75 Å². The summed E-state index contributed by atoms with van der Waals surface area (Å²) in [6.07, 6.45) is 5.91. The average molecular weight is 371 g/mol. The number of carbonyl (C=O) groups excluding carboxylic acids is 1. The molecule has 1 amide bonds. The molecule has 0 radical (unpaired) electrons. The summed E-state index contributed by atoms with van der Waals surface area (Å²) in [6, 6.07) is 5.82. The molecule has 3 aromatic rings. The molecule has 26 heavy (non-hydrogen) atoms. The highest BCUT2D eigenvalue weighted by atomic mass is 32.1. The maximum absolute atomic E-state index is 12.5. The SMILES string of the molecule is Cc1nc2cc(OCc3nc(C(=O)N4CCCCCC4)co3)ccc2s1. The van der Waals surface area contributed by atoms with Crippen LogP contribution in [0.3, 0.4) is 0 Å². The Bertz CT molecular complexity index is 910.